The molecule has 0 spiro atoms. The highest BCUT2D eigenvalue weighted by Gasteiger charge is 2.30. The van der Waals surface area contributed by atoms with Gasteiger partial charge in [-0.15, -0.1) is 0 Å². The summed E-state index contributed by atoms with van der Waals surface area (Å²) >= 11 is 0. The molecule has 2 heterocycles. The third-order valence-electron chi connectivity index (χ3n) is 4.85. The van der Waals surface area contributed by atoms with Crippen LogP contribution in [-0.2, 0) is 11.3 Å². The maximum Gasteiger partial charge on any atom is 0.422 e. The fourth-order valence-electron chi connectivity index (χ4n) is 3.19. The zero-order valence-corrected chi connectivity index (χ0v) is 16.7. The molecule has 10 heteroatoms. The summed E-state index contributed by atoms with van der Waals surface area (Å²) in [5.41, 5.74) is 0.374. The van der Waals surface area contributed by atoms with Gasteiger partial charge in [-0.05, 0) is 32.8 Å². The van der Waals surface area contributed by atoms with Crippen molar-refractivity contribution in [3.8, 4) is 5.88 Å². The molecule has 1 aliphatic rings. The van der Waals surface area contributed by atoms with Crippen LogP contribution in [0, 0.1) is 5.92 Å². The number of rotatable bonds is 7. The van der Waals surface area contributed by atoms with Gasteiger partial charge in [0, 0.05) is 50.4 Å². The number of hydrogen-bond acceptors (Lipinski definition) is 4. The number of hydrogen-bond donors (Lipinski definition) is 1. The van der Waals surface area contributed by atoms with E-state index < -0.39 is 12.8 Å². The molecule has 0 saturated carbocycles. The Kier molecular flexibility index (Phi) is 8.10. The van der Waals surface area contributed by atoms with Crippen molar-refractivity contribution in [3.63, 3.8) is 0 Å². The fraction of sp³-hybridized carbons (Fsp3) is 0.632. The predicted octanol–water partition coefficient (Wildman–Crippen LogP) is 2.81. The van der Waals surface area contributed by atoms with Gasteiger partial charge < -0.3 is 19.9 Å². The maximum atomic E-state index is 12.5. The molecule has 7 nitrogen and oxygen atoms in total. The molecule has 0 aliphatic carbocycles. The topological polar surface area (TPSA) is 74.8 Å². The number of likely N-dealkylation sites (tertiary alicyclic amines) is 1. The molecule has 162 valence electrons. The van der Waals surface area contributed by atoms with Gasteiger partial charge in [-0.1, -0.05) is 6.07 Å². The molecule has 0 unspecified atom stereocenters. The number of pyridine rings is 1. The highest BCUT2D eigenvalue weighted by molar-refractivity contribution is 5.79. The van der Waals surface area contributed by atoms with Gasteiger partial charge in [0.15, 0.2) is 6.61 Å². The zero-order chi connectivity index (χ0) is 21.4. The molecule has 3 amide bonds. The monoisotopic (exact) mass is 416 g/mol. The normalized spacial score (nSPS) is 15.1. The lowest BCUT2D eigenvalue weighted by molar-refractivity contribution is -0.154. The molecule has 2 rings (SSSR count). The van der Waals surface area contributed by atoms with Crippen LogP contribution in [0.3, 0.4) is 0 Å². The summed E-state index contributed by atoms with van der Waals surface area (Å²) in [5, 5.41) is 2.74. The summed E-state index contributed by atoms with van der Waals surface area (Å²) in [6, 6.07) is 3.11. The standard InChI is InChI=1S/C19H27F3N4O3/c1-3-25(4-2)18(28)26-10-7-14(8-11-26)16(27)24-12-15-6-5-9-23-17(15)29-13-19(20,21)22/h5-6,9,14H,3-4,7-8,10-13H2,1-2H3,(H,24,27). The lowest BCUT2D eigenvalue weighted by atomic mass is 9.96. The van der Waals surface area contributed by atoms with E-state index in [1.807, 2.05) is 13.8 Å². The Morgan fingerprint density at radius 3 is 2.52 bits per heavy atom. The molecule has 1 aliphatic heterocycles. The molecule has 0 bridgehead atoms. The van der Waals surface area contributed by atoms with Gasteiger partial charge in [-0.3, -0.25) is 4.79 Å². The van der Waals surface area contributed by atoms with E-state index in [4.69, 9.17) is 4.74 Å². The average molecular weight is 416 g/mol. The first-order chi connectivity index (χ1) is 13.7. The molecule has 1 aromatic rings. The number of piperidine rings is 1. The Hall–Kier alpha value is -2.52. The number of urea groups is 1. The number of nitrogens with one attached hydrogen (secondary N) is 1. The third-order valence-corrected chi connectivity index (χ3v) is 4.85. The summed E-state index contributed by atoms with van der Waals surface area (Å²) in [6.45, 7) is 4.71. The summed E-state index contributed by atoms with van der Waals surface area (Å²) in [7, 11) is 0. The van der Waals surface area contributed by atoms with Crippen molar-refractivity contribution < 1.29 is 27.5 Å². The van der Waals surface area contributed by atoms with Crippen molar-refractivity contribution in [3.05, 3.63) is 23.9 Å². The highest BCUT2D eigenvalue weighted by atomic mass is 19.4. The first-order valence-corrected chi connectivity index (χ1v) is 9.70. The average Bonchev–Trinajstić information content (AvgIpc) is 2.71. The van der Waals surface area contributed by atoms with Gasteiger partial charge in [0.2, 0.25) is 11.8 Å². The summed E-state index contributed by atoms with van der Waals surface area (Å²) < 4.78 is 41.8. The van der Waals surface area contributed by atoms with Crippen LogP contribution in [0.5, 0.6) is 5.88 Å². The van der Waals surface area contributed by atoms with E-state index >= 15 is 0 Å². The Bertz CT molecular complexity index is 688. The van der Waals surface area contributed by atoms with E-state index in [0.717, 1.165) is 0 Å². The van der Waals surface area contributed by atoms with Crippen LogP contribution < -0.4 is 10.1 Å². The molecule has 1 saturated heterocycles. The fourth-order valence-corrected chi connectivity index (χ4v) is 3.19. The number of ether oxygens (including phenoxy) is 1. The predicted molar refractivity (Wildman–Crippen MR) is 100 cm³/mol. The lowest BCUT2D eigenvalue weighted by Crippen LogP contribution is -2.48. The van der Waals surface area contributed by atoms with Crippen LogP contribution in [0.25, 0.3) is 0 Å². The number of nitrogens with zero attached hydrogens (tertiary/aromatic N) is 3. The lowest BCUT2D eigenvalue weighted by Gasteiger charge is -2.34. The minimum absolute atomic E-state index is 0.0179. The van der Waals surface area contributed by atoms with Crippen molar-refractivity contribution in [1.29, 1.82) is 0 Å². The zero-order valence-electron chi connectivity index (χ0n) is 16.7. The molecule has 0 radical (unpaired) electrons. The molecule has 29 heavy (non-hydrogen) atoms. The van der Waals surface area contributed by atoms with E-state index in [9.17, 15) is 22.8 Å². The quantitative estimate of drug-likeness (QED) is 0.742. The minimum Gasteiger partial charge on any atom is -0.468 e. The highest BCUT2D eigenvalue weighted by Crippen LogP contribution is 2.21. The smallest absolute Gasteiger partial charge is 0.422 e. The van der Waals surface area contributed by atoms with Crippen molar-refractivity contribution in [2.24, 2.45) is 5.92 Å². The number of carbonyl (C=O) groups is 2. The Morgan fingerprint density at radius 2 is 1.93 bits per heavy atom. The van der Waals surface area contributed by atoms with E-state index in [1.165, 1.54) is 6.20 Å². The number of halogens is 3. The van der Waals surface area contributed by atoms with Gasteiger partial charge in [0.1, 0.15) is 0 Å². The van der Waals surface area contributed by atoms with E-state index in [-0.39, 0.29) is 30.3 Å². The van der Waals surface area contributed by atoms with Crippen LogP contribution in [0.4, 0.5) is 18.0 Å². The van der Waals surface area contributed by atoms with Crippen molar-refractivity contribution in [2.45, 2.75) is 39.4 Å². The molecule has 1 N–H and O–H groups in total. The van der Waals surface area contributed by atoms with E-state index in [1.54, 1.807) is 21.9 Å². The van der Waals surface area contributed by atoms with Crippen LogP contribution in [0.15, 0.2) is 18.3 Å². The van der Waals surface area contributed by atoms with Gasteiger partial charge in [-0.2, -0.15) is 13.2 Å². The van der Waals surface area contributed by atoms with Crippen LogP contribution >= 0.6 is 0 Å². The molecule has 1 aromatic heterocycles. The number of alkyl halides is 3. The number of amides is 3. The summed E-state index contributed by atoms with van der Waals surface area (Å²) in [4.78, 5) is 32.1. The first kappa shape index (κ1) is 22.8. The first-order valence-electron chi connectivity index (χ1n) is 9.70. The van der Waals surface area contributed by atoms with Crippen LogP contribution in [-0.4, -0.2) is 65.7 Å². The summed E-state index contributed by atoms with van der Waals surface area (Å²) in [5.74, 6) is -0.581. The largest absolute Gasteiger partial charge is 0.468 e. The number of aromatic nitrogens is 1. The van der Waals surface area contributed by atoms with Gasteiger partial charge in [0.05, 0.1) is 0 Å². The van der Waals surface area contributed by atoms with Crippen LogP contribution in [0.1, 0.15) is 32.3 Å². The second-order valence-corrected chi connectivity index (χ2v) is 6.81. The molecule has 1 fully saturated rings. The number of carbonyl (C=O) groups excluding carboxylic acids is 2. The maximum absolute atomic E-state index is 12.5. The van der Waals surface area contributed by atoms with Gasteiger partial charge >= 0.3 is 12.2 Å². The Balaban J connectivity index is 1.84. The molecular weight excluding hydrogens is 389 g/mol. The Morgan fingerprint density at radius 1 is 1.28 bits per heavy atom. The van der Waals surface area contributed by atoms with Gasteiger partial charge in [-0.25, -0.2) is 9.78 Å². The van der Waals surface area contributed by atoms with Crippen molar-refractivity contribution >= 4 is 11.9 Å². The SMILES string of the molecule is CCN(CC)C(=O)N1CCC(C(=O)NCc2cccnc2OCC(F)(F)F)CC1. The van der Waals surface area contributed by atoms with Crippen molar-refractivity contribution in [2.75, 3.05) is 32.8 Å². The van der Waals surface area contributed by atoms with Crippen LogP contribution in [0.2, 0.25) is 0 Å². The van der Waals surface area contributed by atoms with E-state index in [2.05, 4.69) is 10.3 Å². The molecule has 0 atom stereocenters. The summed E-state index contributed by atoms with van der Waals surface area (Å²) in [6.07, 6.45) is -2.04. The second kappa shape index (κ2) is 10.3. The Labute approximate surface area is 168 Å². The second-order valence-electron chi connectivity index (χ2n) is 6.81. The molecule has 0 aromatic carbocycles. The van der Waals surface area contributed by atoms with Crippen molar-refractivity contribution in [1.82, 2.24) is 20.1 Å². The third kappa shape index (κ3) is 6.79. The molecular formula is C19H27F3N4O3. The van der Waals surface area contributed by atoms with Gasteiger partial charge in [0.25, 0.3) is 0 Å². The van der Waals surface area contributed by atoms with E-state index in [0.29, 0.717) is 44.6 Å². The minimum atomic E-state index is -4.46.